The quantitative estimate of drug-likeness (QED) is 0.642. The highest BCUT2D eigenvalue weighted by Crippen LogP contribution is 2.28. The van der Waals surface area contributed by atoms with Crippen LogP contribution in [0.1, 0.15) is 18.3 Å². The van der Waals surface area contributed by atoms with Gasteiger partial charge in [0.25, 0.3) is 0 Å². The van der Waals surface area contributed by atoms with Crippen LogP contribution in [-0.4, -0.2) is 39.8 Å². The maximum Gasteiger partial charge on any atom is 0.214 e. The standard InChI is InChI=1S/C14H20N4O3S/c1-3-20-13-8-11(4-5-12(13)21-7-6-19)9-15-18-10(2)16-17-14(18)22/h4-5,8,15,19H,3,6-7,9H2,1-2H3,(H,17,22). The Balaban J connectivity index is 2.11. The minimum Gasteiger partial charge on any atom is -0.490 e. The van der Waals surface area contributed by atoms with E-state index in [4.69, 9.17) is 26.8 Å². The lowest BCUT2D eigenvalue weighted by Crippen LogP contribution is -2.16. The molecule has 1 aromatic carbocycles. The molecular weight excluding hydrogens is 304 g/mol. The number of nitrogens with one attached hydrogen (secondary N) is 2. The molecule has 2 rings (SSSR count). The predicted molar refractivity (Wildman–Crippen MR) is 85.4 cm³/mol. The van der Waals surface area contributed by atoms with Gasteiger partial charge in [-0.15, -0.1) is 0 Å². The molecule has 3 N–H and O–H groups in total. The summed E-state index contributed by atoms with van der Waals surface area (Å²) in [5.41, 5.74) is 4.21. The molecule has 1 aromatic heterocycles. The van der Waals surface area contributed by atoms with Crippen molar-refractivity contribution in [3.05, 3.63) is 34.4 Å². The first kappa shape index (κ1) is 16.3. The molecule has 0 aliphatic heterocycles. The van der Waals surface area contributed by atoms with Gasteiger partial charge in [-0.3, -0.25) is 5.10 Å². The Hall–Kier alpha value is -2.06. The van der Waals surface area contributed by atoms with E-state index in [0.717, 1.165) is 11.4 Å². The van der Waals surface area contributed by atoms with Crippen molar-refractivity contribution < 1.29 is 14.6 Å². The van der Waals surface area contributed by atoms with Crippen LogP contribution in [-0.2, 0) is 6.54 Å². The maximum atomic E-state index is 8.85. The summed E-state index contributed by atoms with van der Waals surface area (Å²) in [5, 5.41) is 15.6. The van der Waals surface area contributed by atoms with Crippen molar-refractivity contribution in [3.8, 4) is 11.5 Å². The molecule has 22 heavy (non-hydrogen) atoms. The molecule has 0 saturated heterocycles. The first-order valence-electron chi connectivity index (χ1n) is 7.03. The summed E-state index contributed by atoms with van der Waals surface area (Å²) in [4.78, 5) is 0. The summed E-state index contributed by atoms with van der Waals surface area (Å²) >= 11 is 5.14. The number of ether oxygens (including phenoxy) is 2. The topological polar surface area (TPSA) is 84.3 Å². The molecule has 1 heterocycles. The van der Waals surface area contributed by atoms with Crippen molar-refractivity contribution in [2.75, 3.05) is 25.2 Å². The Kier molecular flexibility index (Phi) is 5.79. The van der Waals surface area contributed by atoms with Gasteiger partial charge in [0, 0.05) is 0 Å². The van der Waals surface area contributed by atoms with Crippen molar-refractivity contribution in [3.63, 3.8) is 0 Å². The van der Waals surface area contributed by atoms with Crippen LogP contribution in [0.4, 0.5) is 0 Å². The molecule has 0 saturated carbocycles. The van der Waals surface area contributed by atoms with Gasteiger partial charge in [-0.1, -0.05) is 6.07 Å². The fraction of sp³-hybridized carbons (Fsp3) is 0.429. The number of H-pyrrole nitrogens is 1. The van der Waals surface area contributed by atoms with Gasteiger partial charge in [0.05, 0.1) is 19.8 Å². The first-order valence-corrected chi connectivity index (χ1v) is 7.43. The number of benzene rings is 1. The zero-order chi connectivity index (χ0) is 15.9. The average molecular weight is 324 g/mol. The van der Waals surface area contributed by atoms with Crippen LogP contribution in [0.3, 0.4) is 0 Å². The van der Waals surface area contributed by atoms with Crippen LogP contribution in [0, 0.1) is 11.7 Å². The second kappa shape index (κ2) is 7.81. The first-order chi connectivity index (χ1) is 10.7. The van der Waals surface area contributed by atoms with E-state index in [2.05, 4.69) is 15.6 Å². The zero-order valence-corrected chi connectivity index (χ0v) is 13.4. The lowest BCUT2D eigenvalue weighted by molar-refractivity contribution is 0.194. The van der Waals surface area contributed by atoms with E-state index >= 15 is 0 Å². The smallest absolute Gasteiger partial charge is 0.214 e. The van der Waals surface area contributed by atoms with Crippen LogP contribution in [0.15, 0.2) is 18.2 Å². The lowest BCUT2D eigenvalue weighted by Gasteiger charge is -2.14. The highest BCUT2D eigenvalue weighted by molar-refractivity contribution is 7.71. The summed E-state index contributed by atoms with van der Waals surface area (Å²) < 4.78 is 13.3. The molecule has 0 amide bonds. The zero-order valence-electron chi connectivity index (χ0n) is 12.6. The van der Waals surface area contributed by atoms with Gasteiger partial charge in [-0.25, -0.2) is 4.68 Å². The van der Waals surface area contributed by atoms with E-state index in [1.165, 1.54) is 0 Å². The van der Waals surface area contributed by atoms with Gasteiger partial charge in [0.1, 0.15) is 12.4 Å². The number of aromatic nitrogens is 3. The fourth-order valence-corrected chi connectivity index (χ4v) is 2.18. The fourth-order valence-electron chi connectivity index (χ4n) is 1.94. The Morgan fingerprint density at radius 3 is 2.82 bits per heavy atom. The third-order valence-corrected chi connectivity index (χ3v) is 3.21. The number of aliphatic hydroxyl groups is 1. The van der Waals surface area contributed by atoms with Gasteiger partial charge in [0.15, 0.2) is 11.5 Å². The molecule has 0 spiro atoms. The predicted octanol–water partition coefficient (Wildman–Crippen LogP) is 1.76. The molecule has 0 aliphatic rings. The Morgan fingerprint density at radius 2 is 2.18 bits per heavy atom. The maximum absolute atomic E-state index is 8.85. The molecule has 7 nitrogen and oxygen atoms in total. The molecule has 8 heteroatoms. The molecule has 2 aromatic rings. The minimum absolute atomic E-state index is 0.0348. The summed E-state index contributed by atoms with van der Waals surface area (Å²) in [6, 6.07) is 5.67. The van der Waals surface area contributed by atoms with Crippen molar-refractivity contribution in [1.29, 1.82) is 0 Å². The van der Waals surface area contributed by atoms with Crippen LogP contribution in [0.5, 0.6) is 11.5 Å². The van der Waals surface area contributed by atoms with E-state index in [9.17, 15) is 0 Å². The number of aliphatic hydroxyl groups excluding tert-OH is 1. The van der Waals surface area contributed by atoms with Gasteiger partial charge in [0.2, 0.25) is 4.77 Å². The third-order valence-electron chi connectivity index (χ3n) is 2.94. The average Bonchev–Trinajstić information content (AvgIpc) is 2.83. The van der Waals surface area contributed by atoms with Crippen LogP contribution in [0.25, 0.3) is 0 Å². The Labute approximate surface area is 133 Å². The van der Waals surface area contributed by atoms with Crippen molar-refractivity contribution >= 4 is 12.2 Å². The molecule has 0 fully saturated rings. The van der Waals surface area contributed by atoms with E-state index < -0.39 is 0 Å². The van der Waals surface area contributed by atoms with Crippen molar-refractivity contribution in [2.45, 2.75) is 20.4 Å². The normalized spacial score (nSPS) is 10.5. The Morgan fingerprint density at radius 1 is 1.36 bits per heavy atom. The number of hydrogen-bond acceptors (Lipinski definition) is 6. The molecule has 0 aliphatic carbocycles. The molecule has 0 radical (unpaired) electrons. The van der Waals surface area contributed by atoms with E-state index in [-0.39, 0.29) is 13.2 Å². The second-order valence-corrected chi connectivity index (χ2v) is 4.92. The van der Waals surface area contributed by atoms with E-state index in [0.29, 0.717) is 29.4 Å². The van der Waals surface area contributed by atoms with Crippen LogP contribution >= 0.6 is 12.2 Å². The number of aromatic amines is 1. The third kappa shape index (κ3) is 3.99. The molecule has 0 unspecified atom stereocenters. The van der Waals surface area contributed by atoms with Crippen molar-refractivity contribution in [1.82, 2.24) is 14.9 Å². The summed E-state index contributed by atoms with van der Waals surface area (Å²) in [6.45, 7) is 5.08. The van der Waals surface area contributed by atoms with Gasteiger partial charge < -0.3 is 20.0 Å². The molecule has 120 valence electrons. The van der Waals surface area contributed by atoms with Crippen molar-refractivity contribution in [2.24, 2.45) is 0 Å². The molecular formula is C14H20N4O3S. The summed E-state index contributed by atoms with van der Waals surface area (Å²) in [5.74, 6) is 2.04. The minimum atomic E-state index is -0.0348. The number of rotatable bonds is 8. The number of aryl methyl sites for hydroxylation is 1. The van der Waals surface area contributed by atoms with Gasteiger partial charge in [-0.05, 0) is 43.8 Å². The van der Waals surface area contributed by atoms with Gasteiger partial charge >= 0.3 is 0 Å². The Bertz CT molecular complexity index is 668. The van der Waals surface area contributed by atoms with E-state index in [1.807, 2.05) is 32.0 Å². The van der Waals surface area contributed by atoms with Crippen LogP contribution in [0.2, 0.25) is 0 Å². The monoisotopic (exact) mass is 324 g/mol. The largest absolute Gasteiger partial charge is 0.490 e. The summed E-state index contributed by atoms with van der Waals surface area (Å²) in [7, 11) is 0. The SMILES string of the molecule is CCOc1cc(CNn2c(C)n[nH]c2=S)ccc1OCCO. The number of hydrogen-bond donors (Lipinski definition) is 3. The molecule has 0 bridgehead atoms. The lowest BCUT2D eigenvalue weighted by atomic mass is 10.2. The molecule has 0 atom stereocenters. The summed E-state index contributed by atoms with van der Waals surface area (Å²) in [6.07, 6.45) is 0. The second-order valence-electron chi connectivity index (χ2n) is 4.53. The highest BCUT2D eigenvalue weighted by atomic mass is 32.1. The number of nitrogens with zero attached hydrogens (tertiary/aromatic N) is 2. The van der Waals surface area contributed by atoms with Crippen LogP contribution < -0.4 is 14.9 Å². The van der Waals surface area contributed by atoms with E-state index in [1.54, 1.807) is 4.68 Å². The van der Waals surface area contributed by atoms with Gasteiger partial charge in [-0.2, -0.15) is 5.10 Å². The highest BCUT2D eigenvalue weighted by Gasteiger charge is 2.07.